The first kappa shape index (κ1) is 22.7. The Labute approximate surface area is 197 Å². The number of hydrogen-bond donors (Lipinski definition) is 7. The first-order valence-electron chi connectivity index (χ1n) is 11.4. The standard InChI is InChI=1S/C22H32N8O4/c1-20(2)7-8-34-15-11(5-4-6-12(15)20)17(31)27-14-10-30-19(24)26-13(9-25-3)16-21(30,22(14,32)33)29-18(23)28-16/h4-6,13-14,16,25,32-33H,7-10H2,1-3H3,(H2,24,26)(H,27,31)(H3,23,28,29)/t13-,14-,16-,21-/m0/s1. The molecule has 0 aliphatic carbocycles. The predicted octanol–water partition coefficient (Wildman–Crippen LogP) is -2.26. The average Bonchev–Trinajstić information content (AvgIpc) is 3.23. The normalized spacial score (nSPS) is 32.4. The summed E-state index contributed by atoms with van der Waals surface area (Å²) in [5.74, 6) is -2.27. The maximum Gasteiger partial charge on any atom is 0.255 e. The van der Waals surface area contributed by atoms with Gasteiger partial charge in [-0.2, -0.15) is 0 Å². The van der Waals surface area contributed by atoms with E-state index in [4.69, 9.17) is 16.2 Å². The molecule has 5 rings (SSSR count). The Morgan fingerprint density at radius 2 is 2.09 bits per heavy atom. The molecule has 1 saturated heterocycles. The number of amides is 1. The van der Waals surface area contributed by atoms with Gasteiger partial charge in [-0.3, -0.25) is 4.79 Å². The first-order valence-corrected chi connectivity index (χ1v) is 11.4. The van der Waals surface area contributed by atoms with Crippen LogP contribution in [0.15, 0.2) is 28.2 Å². The summed E-state index contributed by atoms with van der Waals surface area (Å²) in [4.78, 5) is 23.8. The molecule has 34 heavy (non-hydrogen) atoms. The minimum absolute atomic E-state index is 0.00593. The van der Waals surface area contributed by atoms with Crippen molar-refractivity contribution in [3.63, 3.8) is 0 Å². The van der Waals surface area contributed by atoms with Gasteiger partial charge in [-0.15, -0.1) is 0 Å². The smallest absolute Gasteiger partial charge is 0.255 e. The van der Waals surface area contributed by atoms with E-state index < -0.39 is 35.5 Å². The van der Waals surface area contributed by atoms with Crippen LogP contribution in [0.4, 0.5) is 0 Å². The minimum Gasteiger partial charge on any atom is -0.492 e. The maximum atomic E-state index is 13.4. The number of nitrogens with one attached hydrogen (secondary N) is 3. The van der Waals surface area contributed by atoms with Crippen molar-refractivity contribution >= 4 is 17.8 Å². The van der Waals surface area contributed by atoms with Crippen molar-refractivity contribution in [2.45, 2.75) is 55.3 Å². The molecule has 1 amide bonds. The number of nitrogens with two attached hydrogens (primary N) is 2. The quantitative estimate of drug-likeness (QED) is 0.238. The second kappa shape index (κ2) is 7.45. The number of likely N-dealkylation sites (N-methyl/N-ethyl adjacent to an activating group) is 1. The molecule has 0 saturated carbocycles. The number of guanidine groups is 2. The van der Waals surface area contributed by atoms with Crippen LogP contribution in [0.25, 0.3) is 0 Å². The molecular formula is C22H32N8O4. The van der Waals surface area contributed by atoms with Gasteiger partial charge in [0, 0.05) is 18.7 Å². The van der Waals surface area contributed by atoms with Gasteiger partial charge in [0.1, 0.15) is 17.8 Å². The Bertz CT molecular complexity index is 1090. The first-order chi connectivity index (χ1) is 16.0. The van der Waals surface area contributed by atoms with Gasteiger partial charge in [-0.1, -0.05) is 26.0 Å². The SMILES string of the molecule is CNC[C@@H]1N=C(N)N2C[C@H](NC(=O)c3cccc4c3OCCC4(C)C)C(O)(O)[C@@]23NC(N)=N[C@@H]13. The molecule has 12 nitrogen and oxygen atoms in total. The molecular weight excluding hydrogens is 440 g/mol. The van der Waals surface area contributed by atoms with Crippen molar-refractivity contribution in [2.24, 2.45) is 21.5 Å². The van der Waals surface area contributed by atoms with Crippen LogP contribution in [0.2, 0.25) is 0 Å². The lowest BCUT2D eigenvalue weighted by atomic mass is 9.79. The molecule has 4 atom stereocenters. The Hall–Kier alpha value is -3.09. The second-order valence-corrected chi connectivity index (χ2v) is 9.99. The monoisotopic (exact) mass is 472 g/mol. The summed E-state index contributed by atoms with van der Waals surface area (Å²) in [6.45, 7) is 5.10. The van der Waals surface area contributed by atoms with Crippen molar-refractivity contribution in [2.75, 3.05) is 26.7 Å². The number of nitrogens with zero attached hydrogens (tertiary/aromatic N) is 3. The molecule has 1 aromatic rings. The van der Waals surface area contributed by atoms with Gasteiger partial charge >= 0.3 is 0 Å². The largest absolute Gasteiger partial charge is 0.492 e. The Kier molecular flexibility index (Phi) is 4.97. The van der Waals surface area contributed by atoms with Crippen LogP contribution in [-0.2, 0) is 5.41 Å². The summed E-state index contributed by atoms with van der Waals surface area (Å²) in [5.41, 5.74) is 11.8. The molecule has 12 heteroatoms. The highest BCUT2D eigenvalue weighted by molar-refractivity contribution is 5.98. The van der Waals surface area contributed by atoms with Gasteiger partial charge in [0.25, 0.3) is 5.91 Å². The Morgan fingerprint density at radius 1 is 1.32 bits per heavy atom. The molecule has 4 heterocycles. The third-order valence-electron chi connectivity index (χ3n) is 7.48. The zero-order chi connectivity index (χ0) is 24.5. The van der Waals surface area contributed by atoms with Crippen LogP contribution in [0.1, 0.15) is 36.2 Å². The van der Waals surface area contributed by atoms with E-state index in [1.807, 2.05) is 12.1 Å². The summed E-state index contributed by atoms with van der Waals surface area (Å²) >= 11 is 0. The van der Waals surface area contributed by atoms with Gasteiger partial charge in [-0.25, -0.2) is 9.98 Å². The second-order valence-electron chi connectivity index (χ2n) is 9.99. The summed E-state index contributed by atoms with van der Waals surface area (Å²) < 4.78 is 5.87. The van der Waals surface area contributed by atoms with Crippen LogP contribution in [-0.4, -0.2) is 89.3 Å². The topological polar surface area (TPSA) is 183 Å². The number of rotatable bonds is 4. The van der Waals surface area contributed by atoms with Crippen LogP contribution >= 0.6 is 0 Å². The molecule has 0 bridgehead atoms. The van der Waals surface area contributed by atoms with Crippen molar-refractivity contribution in [1.82, 2.24) is 20.9 Å². The highest BCUT2D eigenvalue weighted by Gasteiger charge is 2.73. The molecule has 0 aromatic heterocycles. The van der Waals surface area contributed by atoms with Gasteiger partial charge in [0.05, 0.1) is 18.2 Å². The zero-order valence-electron chi connectivity index (χ0n) is 19.5. The van der Waals surface area contributed by atoms with Gasteiger partial charge in [-0.05, 0) is 24.9 Å². The minimum atomic E-state index is -2.47. The molecule has 1 spiro atoms. The van der Waals surface area contributed by atoms with Crippen molar-refractivity contribution < 1.29 is 19.7 Å². The number of benzene rings is 1. The lowest BCUT2D eigenvalue weighted by Gasteiger charge is -2.49. The number of fused-ring (bicyclic) bond motifs is 1. The summed E-state index contributed by atoms with van der Waals surface area (Å²) in [6, 6.07) is 3.09. The molecule has 9 N–H and O–H groups in total. The number of hydrogen-bond acceptors (Lipinski definition) is 11. The number of carbonyl (C=O) groups excluding carboxylic acids is 1. The summed E-state index contributed by atoms with van der Waals surface area (Å²) in [7, 11) is 1.76. The predicted molar refractivity (Wildman–Crippen MR) is 125 cm³/mol. The van der Waals surface area contributed by atoms with E-state index >= 15 is 0 Å². The molecule has 0 unspecified atom stereocenters. The lowest BCUT2D eigenvalue weighted by molar-refractivity contribution is -0.230. The number of carbonyl (C=O) groups is 1. The lowest BCUT2D eigenvalue weighted by Crippen LogP contribution is -2.78. The van der Waals surface area contributed by atoms with E-state index in [2.05, 4.69) is 39.8 Å². The summed E-state index contributed by atoms with van der Waals surface area (Å²) in [6.07, 6.45) is 0.836. The van der Waals surface area contributed by atoms with E-state index in [-0.39, 0.29) is 23.9 Å². The fourth-order valence-corrected chi connectivity index (χ4v) is 5.64. The van der Waals surface area contributed by atoms with Crippen LogP contribution in [0.3, 0.4) is 0 Å². The van der Waals surface area contributed by atoms with E-state index in [0.29, 0.717) is 24.5 Å². The van der Waals surface area contributed by atoms with Crippen LogP contribution in [0, 0.1) is 0 Å². The third-order valence-corrected chi connectivity index (χ3v) is 7.48. The van der Waals surface area contributed by atoms with Gasteiger partial charge < -0.3 is 47.3 Å². The van der Waals surface area contributed by atoms with Crippen molar-refractivity contribution in [1.29, 1.82) is 0 Å². The number of ether oxygens (including phenoxy) is 1. The highest BCUT2D eigenvalue weighted by Crippen LogP contribution is 2.45. The Balaban J connectivity index is 1.48. The highest BCUT2D eigenvalue weighted by atomic mass is 16.5. The number of para-hydroxylation sites is 1. The van der Waals surface area contributed by atoms with Crippen LogP contribution in [0.5, 0.6) is 5.75 Å². The zero-order valence-corrected chi connectivity index (χ0v) is 19.5. The third kappa shape index (κ3) is 2.98. The number of aliphatic hydroxyl groups is 2. The summed E-state index contributed by atoms with van der Waals surface area (Å²) in [5, 5.41) is 31.7. The number of aliphatic imine (C=N–C) groups is 2. The van der Waals surface area contributed by atoms with Gasteiger partial charge in [0.2, 0.25) is 5.79 Å². The molecule has 4 aliphatic rings. The van der Waals surface area contributed by atoms with Crippen LogP contribution < -0.4 is 32.2 Å². The molecule has 4 aliphatic heterocycles. The fourth-order valence-electron chi connectivity index (χ4n) is 5.64. The average molecular weight is 473 g/mol. The van der Waals surface area contributed by atoms with E-state index in [1.54, 1.807) is 13.1 Å². The van der Waals surface area contributed by atoms with E-state index in [1.165, 1.54) is 4.90 Å². The van der Waals surface area contributed by atoms with Crippen molar-refractivity contribution in [3.8, 4) is 5.75 Å². The Morgan fingerprint density at radius 3 is 2.82 bits per heavy atom. The molecule has 184 valence electrons. The van der Waals surface area contributed by atoms with Crippen molar-refractivity contribution in [3.05, 3.63) is 29.3 Å². The molecule has 0 radical (unpaired) electrons. The molecule has 1 aromatic carbocycles. The molecule has 1 fully saturated rings. The van der Waals surface area contributed by atoms with E-state index in [9.17, 15) is 15.0 Å². The maximum absolute atomic E-state index is 13.4. The van der Waals surface area contributed by atoms with E-state index in [0.717, 1.165) is 12.0 Å². The van der Waals surface area contributed by atoms with Gasteiger partial charge in [0.15, 0.2) is 17.6 Å². The fraction of sp³-hybridized carbons (Fsp3) is 0.591.